The van der Waals surface area contributed by atoms with Gasteiger partial charge in [0.05, 0.1) is 0 Å². The van der Waals surface area contributed by atoms with Gasteiger partial charge in [0, 0.05) is 20.8 Å². The summed E-state index contributed by atoms with van der Waals surface area (Å²) in [6.45, 7) is 67.7. The average Bonchev–Trinajstić information content (AvgIpc) is 2.90. The maximum absolute atomic E-state index is 6.90. The maximum Gasteiger partial charge on any atom is 0.488 e. The molecule has 0 aromatic rings. The van der Waals surface area contributed by atoms with Gasteiger partial charge in [0.1, 0.15) is 0 Å². The fourth-order valence-corrected chi connectivity index (χ4v) is 93.2. The lowest BCUT2D eigenvalue weighted by Crippen LogP contribution is -2.63. The zero-order valence-corrected chi connectivity index (χ0v) is 68.1. The van der Waals surface area contributed by atoms with E-state index in [-0.39, 0.29) is 0 Å². The zero-order valence-electron chi connectivity index (χ0n) is 50.9. The quantitative estimate of drug-likeness (QED) is 0.0558. The lowest BCUT2D eigenvalue weighted by atomic mass is 11.8. The lowest BCUT2D eigenvalue weighted by Gasteiger charge is -2.45. The summed E-state index contributed by atoms with van der Waals surface area (Å²) in [7, 11) is -41.9. The summed E-state index contributed by atoms with van der Waals surface area (Å²) in [5.74, 6) is 0. The molecule has 18 nitrogen and oxygen atoms in total. The van der Waals surface area contributed by atoms with Gasteiger partial charge in [0.2, 0.25) is 0 Å². The van der Waals surface area contributed by atoms with Gasteiger partial charge in [-0.05, 0) is 210 Å². The van der Waals surface area contributed by atoms with Crippen LogP contribution in [0.2, 0.25) is 216 Å². The molecule has 0 spiro atoms. The van der Waals surface area contributed by atoms with Crippen molar-refractivity contribution in [2.24, 2.45) is 0 Å². The van der Waals surface area contributed by atoms with E-state index in [0.29, 0.717) is 0 Å². The van der Waals surface area contributed by atoms with Crippen molar-refractivity contribution in [3.05, 3.63) is 0 Å². The Morgan fingerprint density at radius 3 is 0.414 bits per heavy atom. The van der Waals surface area contributed by atoms with Crippen LogP contribution in [0.1, 0.15) is 0 Å². The molecule has 0 fully saturated rings. The molecular weight excluding hydrogens is 1190 g/mol. The highest BCUT2D eigenvalue weighted by atomic mass is 28.5. The zero-order chi connectivity index (χ0) is 56.3. The molecule has 0 aliphatic carbocycles. The Morgan fingerprint density at radius 1 is 0.186 bits per heavy atom. The minimum Gasteiger partial charge on any atom is -0.440 e. The highest BCUT2D eigenvalue weighted by molar-refractivity contribution is 6.95. The van der Waals surface area contributed by atoms with Crippen LogP contribution in [0.25, 0.3) is 0 Å². The summed E-state index contributed by atoms with van der Waals surface area (Å²) in [5.41, 5.74) is 0. The summed E-state index contributed by atoms with van der Waals surface area (Å²) in [4.78, 5) is 0. The second-order valence-corrected chi connectivity index (χ2v) is 84.8. The van der Waals surface area contributed by atoms with Gasteiger partial charge in [0.15, 0.2) is 9.04 Å². The van der Waals surface area contributed by atoms with E-state index < -0.39 is 146 Å². The minimum absolute atomic E-state index is 1.26. The van der Waals surface area contributed by atoms with E-state index in [4.69, 9.17) is 74.7 Å². The first kappa shape index (κ1) is 73.0. The van der Waals surface area contributed by atoms with E-state index in [1.807, 2.05) is 85.1 Å². The number of hydrogen-bond acceptors (Lipinski definition) is 18. The first-order valence-corrected chi connectivity index (χ1v) is 71.7. The topological polar surface area (TPSA) is 166 Å². The van der Waals surface area contributed by atoms with E-state index in [1.54, 1.807) is 14.2 Å². The van der Waals surface area contributed by atoms with E-state index in [9.17, 15) is 0 Å². The number of rotatable bonds is 34. The Balaban J connectivity index is 5.75. The predicted octanol–water partition coefficient (Wildman–Crippen LogP) is 11.6. The normalized spacial score (nSPS) is 15.9. The molecule has 0 saturated carbocycles. The molecule has 70 heavy (non-hydrogen) atoms. The Morgan fingerprint density at radius 2 is 0.300 bits per heavy atom. The molecule has 0 aliphatic heterocycles. The molecule has 0 radical (unpaired) electrons. The van der Waals surface area contributed by atoms with Gasteiger partial charge in [-0.3, -0.25) is 0 Å². The minimum atomic E-state index is -2.83. The standard InChI is InChI=1S/C35H106O18Si17/c1-36-70(35,37-2)53-69(33,34)52-68(31,32)51-67(29,30)50-66(27,28)49-65(25,26)48-64(23,24)47-63(21,22)46-62(19,20)45-61(17,18)44-60(15,16)43-59(13,14)42-58(11,12)41-57(9,10)40-56(7,8)39-55(5,6)38-54(3)4/h54H,1-35H3. The van der Waals surface area contributed by atoms with Crippen LogP contribution >= 0.6 is 0 Å². The summed E-state index contributed by atoms with van der Waals surface area (Å²) in [5, 5.41) is 0. The first-order valence-electron chi connectivity index (χ1n) is 24.4. The van der Waals surface area contributed by atoms with Crippen molar-refractivity contribution >= 4 is 146 Å². The third kappa shape index (κ3) is 32.1. The molecule has 0 atom stereocenters. The molecule has 0 heterocycles. The third-order valence-corrected chi connectivity index (χ3v) is 72.7. The molecule has 0 unspecified atom stereocenters. The second kappa shape index (κ2) is 25.2. The van der Waals surface area contributed by atoms with Gasteiger partial charge in [-0.2, -0.15) is 0 Å². The van der Waals surface area contributed by atoms with Gasteiger partial charge in [-0.1, -0.05) is 0 Å². The largest absolute Gasteiger partial charge is 0.488 e. The summed E-state index contributed by atoms with van der Waals surface area (Å²) in [6.07, 6.45) is 0. The highest BCUT2D eigenvalue weighted by Crippen LogP contribution is 2.33. The molecule has 0 aliphatic rings. The van der Waals surface area contributed by atoms with Crippen molar-refractivity contribution in [2.75, 3.05) is 14.2 Å². The molecule has 0 N–H and O–H groups in total. The summed E-state index contributed by atoms with van der Waals surface area (Å²) < 4.78 is 119. The van der Waals surface area contributed by atoms with E-state index in [0.717, 1.165) is 0 Å². The van der Waals surface area contributed by atoms with Gasteiger partial charge in [0.25, 0.3) is 0 Å². The van der Waals surface area contributed by atoms with Crippen LogP contribution in [0.3, 0.4) is 0 Å². The fourth-order valence-electron chi connectivity index (χ4n) is 9.78. The SMILES string of the molecule is CO[Si](C)(OC)O[Si](C)(C)O[Si](C)(C)O[Si](C)(C)O[Si](C)(C)O[Si](C)(C)O[Si](C)(C)O[Si](C)(C)O[Si](C)(C)O[Si](C)(C)O[Si](C)(C)O[Si](C)(C)O[Si](C)(C)O[Si](C)(C)O[Si](C)(C)O[Si](C)(C)O[SiH](C)C. The Labute approximate surface area is 447 Å². The second-order valence-electron chi connectivity index (χ2n) is 25.0. The van der Waals surface area contributed by atoms with Crippen LogP contribution in [0.4, 0.5) is 0 Å². The molecule has 422 valence electrons. The molecule has 0 bridgehead atoms. The predicted molar refractivity (Wildman–Crippen MR) is 324 cm³/mol. The van der Waals surface area contributed by atoms with E-state index >= 15 is 0 Å². The van der Waals surface area contributed by atoms with Crippen molar-refractivity contribution in [1.82, 2.24) is 0 Å². The van der Waals surface area contributed by atoms with Gasteiger partial charge >= 0.3 is 137 Å². The van der Waals surface area contributed by atoms with Crippen LogP contribution in [-0.2, 0) is 74.7 Å². The molecule has 35 heteroatoms. The Hall–Kier alpha value is 2.97. The van der Waals surface area contributed by atoms with Crippen molar-refractivity contribution in [3.63, 3.8) is 0 Å². The lowest BCUT2D eigenvalue weighted by molar-refractivity contribution is 0.150. The van der Waals surface area contributed by atoms with Crippen molar-refractivity contribution in [3.8, 4) is 0 Å². The van der Waals surface area contributed by atoms with Crippen LogP contribution in [0, 0.1) is 0 Å². The monoisotopic (exact) mass is 1290 g/mol. The van der Waals surface area contributed by atoms with Crippen molar-refractivity contribution < 1.29 is 74.7 Å². The van der Waals surface area contributed by atoms with Crippen molar-refractivity contribution in [1.29, 1.82) is 0 Å². The molecular formula is C35H106O18Si17. The Bertz CT molecular complexity index is 1640. The smallest absolute Gasteiger partial charge is 0.440 e. The van der Waals surface area contributed by atoms with Crippen LogP contribution in [-0.4, -0.2) is 160 Å². The van der Waals surface area contributed by atoms with E-state index in [1.165, 1.54) is 0 Å². The molecule has 0 saturated heterocycles. The van der Waals surface area contributed by atoms with Crippen molar-refractivity contribution in [2.45, 2.75) is 216 Å². The van der Waals surface area contributed by atoms with Gasteiger partial charge in [-0.25, -0.2) is 0 Å². The summed E-state index contributed by atoms with van der Waals surface area (Å²) >= 11 is 0. The van der Waals surface area contributed by atoms with Gasteiger partial charge in [-0.15, -0.1) is 0 Å². The molecule has 0 aromatic carbocycles. The summed E-state index contributed by atoms with van der Waals surface area (Å²) in [6, 6.07) is 0. The fraction of sp³-hybridized carbons (Fsp3) is 1.00. The molecule has 0 aromatic heterocycles. The molecule has 0 rings (SSSR count). The first-order chi connectivity index (χ1) is 30.1. The Kier molecular flexibility index (Phi) is 26.3. The maximum atomic E-state index is 6.90. The third-order valence-electron chi connectivity index (χ3n) is 8.57. The average molecular weight is 1290 g/mol. The van der Waals surface area contributed by atoms with Crippen LogP contribution in [0.5, 0.6) is 0 Å². The van der Waals surface area contributed by atoms with Gasteiger partial charge < -0.3 is 74.7 Å². The van der Waals surface area contributed by atoms with Crippen LogP contribution in [0.15, 0.2) is 0 Å². The molecule has 0 amide bonds. The number of hydrogen-bond donors (Lipinski definition) is 0. The van der Waals surface area contributed by atoms with E-state index in [2.05, 4.69) is 131 Å². The highest BCUT2D eigenvalue weighted by Gasteiger charge is 2.53. The van der Waals surface area contributed by atoms with Crippen LogP contribution < -0.4 is 0 Å².